The van der Waals surface area contributed by atoms with E-state index in [1.807, 2.05) is 6.07 Å². The maximum Gasteiger partial charge on any atom is 0.243 e. The summed E-state index contributed by atoms with van der Waals surface area (Å²) in [5, 5.41) is 0. The minimum atomic E-state index is -3.54. The van der Waals surface area contributed by atoms with Crippen LogP contribution in [0.2, 0.25) is 0 Å². The highest BCUT2D eigenvalue weighted by molar-refractivity contribution is 7.89. The summed E-state index contributed by atoms with van der Waals surface area (Å²) in [4.78, 5) is 7.60. The first kappa shape index (κ1) is 22.5. The van der Waals surface area contributed by atoms with E-state index in [0.717, 1.165) is 36.2 Å². The Labute approximate surface area is 196 Å². The molecule has 176 valence electrons. The normalized spacial score (nSPS) is 19.8. The van der Waals surface area contributed by atoms with Crippen LogP contribution in [-0.2, 0) is 34.3 Å². The highest BCUT2D eigenvalue weighted by Gasteiger charge is 2.28. The van der Waals surface area contributed by atoms with E-state index < -0.39 is 10.0 Å². The van der Waals surface area contributed by atoms with Crippen LogP contribution in [0, 0.1) is 0 Å². The largest absolute Gasteiger partial charge is 0.379 e. The van der Waals surface area contributed by atoms with Gasteiger partial charge in [-0.3, -0.25) is 4.90 Å². The van der Waals surface area contributed by atoms with Crippen LogP contribution in [-0.4, -0.2) is 60.5 Å². The van der Waals surface area contributed by atoms with Crippen LogP contribution in [0.5, 0.6) is 0 Å². The predicted molar refractivity (Wildman–Crippen MR) is 129 cm³/mol. The predicted octanol–water partition coefficient (Wildman–Crippen LogP) is 3.59. The van der Waals surface area contributed by atoms with Crippen molar-refractivity contribution in [1.29, 1.82) is 0 Å². The molecule has 0 amide bonds. The van der Waals surface area contributed by atoms with Gasteiger partial charge < -0.3 is 9.30 Å². The van der Waals surface area contributed by atoms with E-state index in [1.54, 1.807) is 12.1 Å². The van der Waals surface area contributed by atoms with Gasteiger partial charge in [-0.15, -0.1) is 0 Å². The molecule has 1 fully saturated rings. The van der Waals surface area contributed by atoms with E-state index in [1.165, 1.54) is 21.9 Å². The molecule has 1 aromatic heterocycles. The summed E-state index contributed by atoms with van der Waals surface area (Å²) in [5.74, 6) is 0.971. The number of rotatable bonds is 6. The molecule has 0 spiro atoms. The molecule has 2 heterocycles. The number of hydrogen-bond donors (Lipinski definition) is 0. The van der Waals surface area contributed by atoms with Crippen LogP contribution >= 0.6 is 0 Å². The third kappa shape index (κ3) is 4.21. The zero-order valence-electron chi connectivity index (χ0n) is 19.4. The molecule has 8 heteroatoms. The Kier molecular flexibility index (Phi) is 6.26. The Morgan fingerprint density at radius 2 is 1.94 bits per heavy atom. The van der Waals surface area contributed by atoms with E-state index in [-0.39, 0.29) is 0 Å². The molecule has 3 aromatic rings. The lowest BCUT2D eigenvalue weighted by Gasteiger charge is -2.33. The highest BCUT2D eigenvalue weighted by atomic mass is 32.2. The number of imidazole rings is 1. The lowest BCUT2D eigenvalue weighted by molar-refractivity contribution is 0.0730. The number of sulfonamides is 1. The Hall–Kier alpha value is -2.26. The molecule has 33 heavy (non-hydrogen) atoms. The zero-order chi connectivity index (χ0) is 23.0. The average Bonchev–Trinajstić information content (AvgIpc) is 3.20. The molecule has 0 N–H and O–H groups in total. The second kappa shape index (κ2) is 9.18. The quantitative estimate of drug-likeness (QED) is 0.553. The monoisotopic (exact) mass is 468 g/mol. The minimum absolute atomic E-state index is 0.304. The van der Waals surface area contributed by atoms with Gasteiger partial charge in [-0.1, -0.05) is 24.3 Å². The fraction of sp³-hybridized carbons (Fsp3) is 0.480. The van der Waals surface area contributed by atoms with Crippen molar-refractivity contribution in [2.75, 3.05) is 33.4 Å². The van der Waals surface area contributed by atoms with Crippen molar-refractivity contribution in [1.82, 2.24) is 18.8 Å². The first-order valence-electron chi connectivity index (χ1n) is 11.8. The Balaban J connectivity index is 1.44. The number of fused-ring (bicyclic) bond motifs is 2. The second-order valence-electron chi connectivity index (χ2n) is 8.96. The summed E-state index contributed by atoms with van der Waals surface area (Å²) in [6.07, 6.45) is 3.48. The summed E-state index contributed by atoms with van der Waals surface area (Å²) in [5.41, 5.74) is 4.58. The van der Waals surface area contributed by atoms with Crippen LogP contribution in [0.15, 0.2) is 47.4 Å². The standard InChI is InChI=1S/C25H32N4O3S/c1-3-29-24-12-11-20(33(30,31)28-13-15-32-16-14-28)17-22(24)26-25(29)18-27(2)23-10-6-8-19-7-4-5-9-21(19)23/h4-5,7,9,11-12,17,23H,3,6,8,10,13-16,18H2,1-2H3/t23-/m0/s1. The molecule has 7 nitrogen and oxygen atoms in total. The highest BCUT2D eigenvalue weighted by Crippen LogP contribution is 2.34. The number of benzene rings is 2. The first-order chi connectivity index (χ1) is 16.0. The average molecular weight is 469 g/mol. The summed E-state index contributed by atoms with van der Waals surface area (Å²) >= 11 is 0. The Morgan fingerprint density at radius 3 is 2.73 bits per heavy atom. The van der Waals surface area contributed by atoms with Gasteiger partial charge in [0, 0.05) is 25.7 Å². The van der Waals surface area contributed by atoms with Crippen LogP contribution in [0.25, 0.3) is 11.0 Å². The molecule has 1 atom stereocenters. The summed E-state index contributed by atoms with van der Waals surface area (Å²) in [6.45, 7) is 5.27. The lowest BCUT2D eigenvalue weighted by Crippen LogP contribution is -2.40. The fourth-order valence-electron chi connectivity index (χ4n) is 5.25. The van der Waals surface area contributed by atoms with Crippen molar-refractivity contribution in [3.8, 4) is 0 Å². The number of ether oxygens (including phenoxy) is 1. The van der Waals surface area contributed by atoms with Gasteiger partial charge in [0.2, 0.25) is 10.0 Å². The molecule has 0 bridgehead atoms. The van der Waals surface area contributed by atoms with Gasteiger partial charge in [-0.2, -0.15) is 4.31 Å². The van der Waals surface area contributed by atoms with Crippen molar-refractivity contribution < 1.29 is 13.2 Å². The number of morpholine rings is 1. The van der Waals surface area contributed by atoms with Gasteiger partial charge in [0.1, 0.15) is 5.82 Å². The topological polar surface area (TPSA) is 67.7 Å². The molecular weight excluding hydrogens is 436 g/mol. The SMILES string of the molecule is CCn1c(CN(C)[C@H]2CCCc3ccccc32)nc2cc(S(=O)(=O)N3CCOCC3)ccc21. The first-order valence-corrected chi connectivity index (χ1v) is 13.3. The molecule has 2 aromatic carbocycles. The van der Waals surface area contributed by atoms with Gasteiger partial charge in [-0.05, 0) is 62.6 Å². The zero-order valence-corrected chi connectivity index (χ0v) is 20.2. The molecule has 0 unspecified atom stereocenters. The summed E-state index contributed by atoms with van der Waals surface area (Å²) in [6, 6.07) is 14.5. The van der Waals surface area contributed by atoms with Gasteiger partial charge in [0.05, 0.1) is 35.7 Å². The maximum absolute atomic E-state index is 13.1. The third-order valence-electron chi connectivity index (χ3n) is 6.98. The van der Waals surface area contributed by atoms with Crippen LogP contribution in [0.4, 0.5) is 0 Å². The van der Waals surface area contributed by atoms with Crippen molar-refractivity contribution >= 4 is 21.1 Å². The summed E-state index contributed by atoms with van der Waals surface area (Å²) in [7, 11) is -1.38. The van der Waals surface area contributed by atoms with Crippen LogP contribution in [0.1, 0.15) is 42.8 Å². The minimum Gasteiger partial charge on any atom is -0.379 e. The molecule has 1 aliphatic carbocycles. The molecule has 5 rings (SSSR count). The molecule has 1 saturated heterocycles. The number of aryl methyl sites for hydroxylation is 2. The van der Waals surface area contributed by atoms with E-state index in [2.05, 4.69) is 47.7 Å². The smallest absolute Gasteiger partial charge is 0.243 e. The fourth-order valence-corrected chi connectivity index (χ4v) is 6.68. The van der Waals surface area contributed by atoms with Gasteiger partial charge >= 0.3 is 0 Å². The third-order valence-corrected chi connectivity index (χ3v) is 8.88. The molecular formula is C25H32N4O3S. The number of aromatic nitrogens is 2. The van der Waals surface area contributed by atoms with Gasteiger partial charge in [0.15, 0.2) is 0 Å². The Bertz CT molecular complexity index is 1250. The van der Waals surface area contributed by atoms with Gasteiger partial charge in [0.25, 0.3) is 0 Å². The van der Waals surface area contributed by atoms with E-state index in [9.17, 15) is 8.42 Å². The van der Waals surface area contributed by atoms with E-state index in [0.29, 0.717) is 43.8 Å². The van der Waals surface area contributed by atoms with Crippen molar-refractivity contribution in [2.24, 2.45) is 0 Å². The maximum atomic E-state index is 13.1. The summed E-state index contributed by atoms with van der Waals surface area (Å²) < 4.78 is 35.3. The Morgan fingerprint density at radius 1 is 1.15 bits per heavy atom. The lowest BCUT2D eigenvalue weighted by atomic mass is 9.87. The number of nitrogens with zero attached hydrogens (tertiary/aromatic N) is 4. The molecule has 0 saturated carbocycles. The second-order valence-corrected chi connectivity index (χ2v) is 10.9. The van der Waals surface area contributed by atoms with E-state index >= 15 is 0 Å². The molecule has 2 aliphatic rings. The number of hydrogen-bond acceptors (Lipinski definition) is 5. The molecule has 0 radical (unpaired) electrons. The molecule has 1 aliphatic heterocycles. The van der Waals surface area contributed by atoms with Crippen molar-refractivity contribution in [3.05, 3.63) is 59.4 Å². The van der Waals surface area contributed by atoms with Crippen molar-refractivity contribution in [3.63, 3.8) is 0 Å². The van der Waals surface area contributed by atoms with Crippen LogP contribution < -0.4 is 0 Å². The van der Waals surface area contributed by atoms with Gasteiger partial charge in [-0.25, -0.2) is 13.4 Å². The van der Waals surface area contributed by atoms with E-state index in [4.69, 9.17) is 9.72 Å². The van der Waals surface area contributed by atoms with Crippen molar-refractivity contribution in [2.45, 2.75) is 50.2 Å². The van der Waals surface area contributed by atoms with Crippen LogP contribution in [0.3, 0.4) is 0 Å².